The van der Waals surface area contributed by atoms with Gasteiger partial charge in [0.15, 0.2) is 5.69 Å². The first-order valence-electron chi connectivity index (χ1n) is 4.97. The van der Waals surface area contributed by atoms with Crippen molar-refractivity contribution in [2.24, 2.45) is 5.92 Å². The Hall–Kier alpha value is -0.860. The topological polar surface area (TPSA) is 54.0 Å². The summed E-state index contributed by atoms with van der Waals surface area (Å²) >= 11 is 0.894. The molecule has 0 aliphatic carbocycles. The molecule has 0 spiro atoms. The highest BCUT2D eigenvalue weighted by Crippen LogP contribution is 2.29. The van der Waals surface area contributed by atoms with E-state index in [1.807, 2.05) is 0 Å². The molecule has 1 aliphatic rings. The van der Waals surface area contributed by atoms with Crippen LogP contribution in [0.25, 0.3) is 0 Å². The van der Waals surface area contributed by atoms with E-state index in [0.29, 0.717) is 13.1 Å². The van der Waals surface area contributed by atoms with Crippen LogP contribution in [-0.4, -0.2) is 24.0 Å². The Morgan fingerprint density at radius 2 is 2.22 bits per heavy atom. The molecule has 18 heavy (non-hydrogen) atoms. The van der Waals surface area contributed by atoms with Crippen LogP contribution in [-0.2, 0) is 17.5 Å². The summed E-state index contributed by atoms with van der Waals surface area (Å²) in [6.07, 6.45) is -4.42. The lowest BCUT2D eigenvalue weighted by Gasteiger charge is -2.25. The molecule has 0 bridgehead atoms. The van der Waals surface area contributed by atoms with Gasteiger partial charge in [0.1, 0.15) is 5.01 Å². The molecule has 0 aromatic carbocycles. The highest BCUT2D eigenvalue weighted by Gasteiger charge is 2.33. The molecule has 0 radical (unpaired) electrons. The molecule has 1 aliphatic heterocycles. The summed E-state index contributed by atoms with van der Waals surface area (Å²) in [4.78, 5) is 14.8. The quantitative estimate of drug-likeness (QED) is 0.888. The fourth-order valence-electron chi connectivity index (χ4n) is 1.30. The Morgan fingerprint density at radius 1 is 1.56 bits per heavy atom. The van der Waals surface area contributed by atoms with E-state index >= 15 is 0 Å². The summed E-state index contributed by atoms with van der Waals surface area (Å²) < 4.78 is 36.7. The molecule has 9 heteroatoms. The van der Waals surface area contributed by atoms with E-state index in [0.717, 1.165) is 16.7 Å². The summed E-state index contributed by atoms with van der Waals surface area (Å²) in [6.45, 7) is 1.30. The maximum atomic E-state index is 12.2. The third-order valence-corrected chi connectivity index (χ3v) is 3.26. The molecule has 1 amide bonds. The Kier molecular flexibility index (Phi) is 4.94. The molecule has 102 valence electrons. The molecule has 1 fully saturated rings. The minimum absolute atomic E-state index is 0. The van der Waals surface area contributed by atoms with Crippen LogP contribution in [0.4, 0.5) is 13.2 Å². The van der Waals surface area contributed by atoms with Crippen molar-refractivity contribution in [1.29, 1.82) is 0 Å². The second kappa shape index (κ2) is 5.85. The number of hydrogen-bond acceptors (Lipinski definition) is 4. The van der Waals surface area contributed by atoms with Crippen molar-refractivity contribution in [3.63, 3.8) is 0 Å². The van der Waals surface area contributed by atoms with Crippen molar-refractivity contribution in [1.82, 2.24) is 15.6 Å². The van der Waals surface area contributed by atoms with Crippen LogP contribution in [0, 0.1) is 5.92 Å². The van der Waals surface area contributed by atoms with Crippen molar-refractivity contribution >= 4 is 29.7 Å². The second-order valence-electron chi connectivity index (χ2n) is 3.70. The third kappa shape index (κ3) is 3.56. The van der Waals surface area contributed by atoms with Crippen LogP contribution in [0.3, 0.4) is 0 Å². The van der Waals surface area contributed by atoms with E-state index in [-0.39, 0.29) is 35.8 Å². The Balaban J connectivity index is 0.00000162. The molecule has 2 heterocycles. The maximum Gasteiger partial charge on any atom is 0.434 e. The van der Waals surface area contributed by atoms with Gasteiger partial charge in [-0.2, -0.15) is 13.2 Å². The molecule has 0 saturated carbocycles. The van der Waals surface area contributed by atoms with Crippen LogP contribution in [0.5, 0.6) is 0 Å². The van der Waals surface area contributed by atoms with Gasteiger partial charge in [0.05, 0.1) is 12.5 Å². The lowest BCUT2D eigenvalue weighted by molar-refractivity contribution is -0.140. The van der Waals surface area contributed by atoms with E-state index in [4.69, 9.17) is 0 Å². The predicted octanol–water partition coefficient (Wildman–Crippen LogP) is 1.42. The highest BCUT2D eigenvalue weighted by molar-refractivity contribution is 7.09. The molecule has 1 aromatic rings. The van der Waals surface area contributed by atoms with Crippen molar-refractivity contribution in [3.05, 3.63) is 16.1 Å². The van der Waals surface area contributed by atoms with Gasteiger partial charge in [0.25, 0.3) is 0 Å². The van der Waals surface area contributed by atoms with Gasteiger partial charge in [0, 0.05) is 18.5 Å². The first kappa shape index (κ1) is 15.2. The molecular weight excluding hydrogens is 291 g/mol. The van der Waals surface area contributed by atoms with Crippen molar-refractivity contribution in [2.45, 2.75) is 12.7 Å². The van der Waals surface area contributed by atoms with Crippen molar-refractivity contribution in [2.75, 3.05) is 13.1 Å². The summed E-state index contributed by atoms with van der Waals surface area (Å²) in [5, 5.41) is 6.72. The Bertz CT molecular complexity index is 419. The average Bonchev–Trinajstić information content (AvgIpc) is 2.59. The van der Waals surface area contributed by atoms with Crippen molar-refractivity contribution < 1.29 is 18.0 Å². The van der Waals surface area contributed by atoms with Crippen LogP contribution in [0.15, 0.2) is 5.38 Å². The predicted molar refractivity (Wildman–Crippen MR) is 62.6 cm³/mol. The number of hydrogen-bond donors (Lipinski definition) is 2. The van der Waals surface area contributed by atoms with Gasteiger partial charge in [-0.15, -0.1) is 23.7 Å². The number of nitrogens with zero attached hydrogens (tertiary/aromatic N) is 1. The van der Waals surface area contributed by atoms with Gasteiger partial charge in [-0.25, -0.2) is 4.98 Å². The van der Waals surface area contributed by atoms with E-state index in [1.165, 1.54) is 0 Å². The van der Waals surface area contributed by atoms with Crippen LogP contribution >= 0.6 is 23.7 Å². The van der Waals surface area contributed by atoms with E-state index in [2.05, 4.69) is 15.6 Å². The molecule has 2 N–H and O–H groups in total. The monoisotopic (exact) mass is 301 g/mol. The molecule has 4 nitrogen and oxygen atoms in total. The SMILES string of the molecule is Cl.O=C(NCc1nc(C(F)(F)F)cs1)C1CNC1. The number of carbonyl (C=O) groups excluding carboxylic acids is 1. The minimum Gasteiger partial charge on any atom is -0.349 e. The molecular formula is C9H11ClF3N3OS. The van der Waals surface area contributed by atoms with Crippen LogP contribution in [0.1, 0.15) is 10.7 Å². The van der Waals surface area contributed by atoms with Gasteiger partial charge in [-0.05, 0) is 0 Å². The number of carbonyl (C=O) groups is 1. The number of rotatable bonds is 3. The number of thiazole rings is 1. The number of alkyl halides is 3. The normalized spacial score (nSPS) is 15.7. The molecule has 0 atom stereocenters. The molecule has 2 rings (SSSR count). The molecule has 0 unspecified atom stereocenters. The number of aromatic nitrogens is 1. The smallest absolute Gasteiger partial charge is 0.349 e. The maximum absolute atomic E-state index is 12.2. The summed E-state index contributed by atoms with van der Waals surface area (Å²) in [7, 11) is 0. The van der Waals surface area contributed by atoms with Crippen LogP contribution in [0.2, 0.25) is 0 Å². The highest BCUT2D eigenvalue weighted by atomic mass is 35.5. The number of amides is 1. The summed E-state index contributed by atoms with van der Waals surface area (Å²) in [5.74, 6) is -0.218. The summed E-state index contributed by atoms with van der Waals surface area (Å²) in [6, 6.07) is 0. The van der Waals surface area contributed by atoms with E-state index < -0.39 is 11.9 Å². The molecule has 1 saturated heterocycles. The van der Waals surface area contributed by atoms with E-state index in [1.54, 1.807) is 0 Å². The minimum atomic E-state index is -4.42. The fraction of sp³-hybridized carbons (Fsp3) is 0.556. The van der Waals surface area contributed by atoms with Gasteiger partial charge >= 0.3 is 6.18 Å². The van der Waals surface area contributed by atoms with Crippen LogP contribution < -0.4 is 10.6 Å². The van der Waals surface area contributed by atoms with Gasteiger partial charge in [-0.1, -0.05) is 0 Å². The zero-order valence-electron chi connectivity index (χ0n) is 9.08. The standard InChI is InChI=1S/C9H10F3N3OS.ClH/c10-9(11,12)6-4-17-7(15-6)3-14-8(16)5-1-13-2-5;/h4-5,13H,1-3H2,(H,14,16);1H. The fourth-order valence-corrected chi connectivity index (χ4v) is 2.04. The van der Waals surface area contributed by atoms with Gasteiger partial charge < -0.3 is 10.6 Å². The lowest BCUT2D eigenvalue weighted by atomic mass is 10.0. The number of halogens is 4. The largest absolute Gasteiger partial charge is 0.434 e. The zero-order valence-corrected chi connectivity index (χ0v) is 10.7. The first-order valence-corrected chi connectivity index (χ1v) is 5.85. The van der Waals surface area contributed by atoms with Gasteiger partial charge in [0.2, 0.25) is 5.91 Å². The summed E-state index contributed by atoms with van der Waals surface area (Å²) in [5.41, 5.74) is -0.906. The first-order chi connectivity index (χ1) is 7.97. The zero-order chi connectivity index (χ0) is 12.5. The Labute approximate surface area is 111 Å². The lowest BCUT2D eigenvalue weighted by Crippen LogP contribution is -2.50. The van der Waals surface area contributed by atoms with E-state index in [9.17, 15) is 18.0 Å². The Morgan fingerprint density at radius 3 is 2.67 bits per heavy atom. The average molecular weight is 302 g/mol. The second-order valence-corrected chi connectivity index (χ2v) is 4.64. The van der Waals surface area contributed by atoms with Crippen molar-refractivity contribution in [3.8, 4) is 0 Å². The molecule has 1 aromatic heterocycles. The van der Waals surface area contributed by atoms with Gasteiger partial charge in [-0.3, -0.25) is 4.79 Å². The third-order valence-electron chi connectivity index (χ3n) is 2.41. The number of nitrogens with one attached hydrogen (secondary N) is 2.